The van der Waals surface area contributed by atoms with E-state index in [-0.39, 0.29) is 41.6 Å². The van der Waals surface area contributed by atoms with Crippen LogP contribution in [0, 0.1) is 30.6 Å². The lowest BCUT2D eigenvalue weighted by molar-refractivity contribution is -0.131. The minimum absolute atomic E-state index is 0.0448. The summed E-state index contributed by atoms with van der Waals surface area (Å²) in [6, 6.07) is 14.2. The summed E-state index contributed by atoms with van der Waals surface area (Å²) < 4.78 is 13.2. The van der Waals surface area contributed by atoms with Gasteiger partial charge in [-0.05, 0) is 103 Å². The number of nitrogens with zero attached hydrogens (tertiary/aromatic N) is 8. The van der Waals surface area contributed by atoms with Crippen LogP contribution in [0.15, 0.2) is 109 Å². The van der Waals surface area contributed by atoms with E-state index in [4.69, 9.17) is 9.47 Å². The summed E-state index contributed by atoms with van der Waals surface area (Å²) in [5, 5.41) is 32.9. The number of aliphatic hydroxyl groups is 1. The third-order valence-electron chi connectivity index (χ3n) is 13.1. The van der Waals surface area contributed by atoms with Gasteiger partial charge >= 0.3 is 0 Å². The lowest BCUT2D eigenvalue weighted by Crippen LogP contribution is -2.51. The number of benzene rings is 2. The molecule has 2 aromatic carbocycles. The Labute approximate surface area is 469 Å². The van der Waals surface area contributed by atoms with Crippen molar-refractivity contribution in [2.75, 3.05) is 64.1 Å². The van der Waals surface area contributed by atoms with Gasteiger partial charge in [0.15, 0.2) is 10.3 Å². The van der Waals surface area contributed by atoms with Crippen LogP contribution in [0.3, 0.4) is 0 Å². The number of aliphatic hydroxyl groups excluding tert-OH is 1. The van der Waals surface area contributed by atoms with E-state index in [1.807, 2.05) is 65.6 Å². The molecule has 0 spiro atoms. The molecule has 0 saturated carbocycles. The Morgan fingerprint density at radius 2 is 1.53 bits per heavy atom. The van der Waals surface area contributed by atoms with Crippen LogP contribution in [0.25, 0.3) is 6.08 Å². The standard InChI is InChI=1S/C55H60N10O7S5/c1-9-46(66)64-20-12-18-62(29-36(64)26-56)51(69)37-24-42(33(2)22-40(37)71-7)75-49-28-59-54(77-49)61-50(68)39-32-73-31-35(39)15-16-47(67)65-21-13-19-63(30-44(65)55(4,5)6)52(70)38-25-43(34(3)23-41(38)72-8)74-48-27-58-53(76-48)60-45-14-10-11-17-57-45/h9-11,14-17,22-25,27-28,31-32,36,44,52,70H,1,12-13,18-21,29-30H2,2-8H3,(H,57,58,60)(H,59,61,68)/b16-15-/t36-,44+,52?/m1/s1. The molecule has 2 aliphatic rings. The van der Waals surface area contributed by atoms with Crippen molar-refractivity contribution in [3.05, 3.63) is 124 Å². The molecule has 4 aromatic heterocycles. The zero-order valence-electron chi connectivity index (χ0n) is 43.8. The van der Waals surface area contributed by atoms with Gasteiger partial charge in [0.2, 0.25) is 11.8 Å². The normalized spacial score (nSPS) is 16.8. The Morgan fingerprint density at radius 3 is 2.21 bits per heavy atom. The maximum absolute atomic E-state index is 14.3. The highest BCUT2D eigenvalue weighted by Crippen LogP contribution is 2.42. The summed E-state index contributed by atoms with van der Waals surface area (Å²) in [6.45, 7) is 15.9. The molecule has 1 unspecified atom stereocenters. The highest BCUT2D eigenvalue weighted by molar-refractivity contribution is 8.01. The number of rotatable bonds is 16. The molecule has 2 saturated heterocycles. The van der Waals surface area contributed by atoms with Crippen LogP contribution in [0.2, 0.25) is 0 Å². The van der Waals surface area contributed by atoms with E-state index in [2.05, 4.69) is 59.0 Å². The summed E-state index contributed by atoms with van der Waals surface area (Å²) in [5.41, 5.74) is 3.41. The Morgan fingerprint density at radius 1 is 0.857 bits per heavy atom. The Bertz CT molecular complexity index is 3200. The van der Waals surface area contributed by atoms with Gasteiger partial charge in [0.1, 0.15) is 29.6 Å². The van der Waals surface area contributed by atoms with E-state index in [1.54, 1.807) is 59.8 Å². The Kier molecular flexibility index (Phi) is 18.6. The van der Waals surface area contributed by atoms with Gasteiger partial charge in [0.05, 0.1) is 58.8 Å². The fourth-order valence-corrected chi connectivity index (χ4v) is 13.8. The number of hydrogen-bond acceptors (Lipinski definition) is 18. The van der Waals surface area contributed by atoms with Crippen molar-refractivity contribution >= 4 is 103 Å². The first-order valence-corrected chi connectivity index (χ1v) is 28.9. The molecule has 2 aliphatic heterocycles. The first-order chi connectivity index (χ1) is 37.0. The maximum atomic E-state index is 14.3. The van der Waals surface area contributed by atoms with Crippen molar-refractivity contribution in [2.24, 2.45) is 5.41 Å². The molecule has 2 fully saturated rings. The number of pyridine rings is 1. The molecular weight excluding hydrogens is 1070 g/mol. The SMILES string of the molecule is C=CC(=O)N1CCCN(C(=O)c2cc(Sc3cnc(NC(=O)c4cscc4/C=C\C(=O)N4CCCN(C(O)c5cc(Sc6cnc(Nc7ccccn7)s6)c(C)cc5OC)C[C@H]4C(C)(C)C)s3)c(C)cc2OC)C[C@H]1C#N. The summed E-state index contributed by atoms with van der Waals surface area (Å²) in [7, 11) is 3.10. The average molecular weight is 1130 g/mol. The number of thiophene rings is 1. The molecule has 22 heteroatoms. The van der Waals surface area contributed by atoms with E-state index in [9.17, 15) is 29.5 Å². The van der Waals surface area contributed by atoms with Gasteiger partial charge < -0.3 is 34.6 Å². The van der Waals surface area contributed by atoms with E-state index in [0.717, 1.165) is 34.5 Å². The van der Waals surface area contributed by atoms with Gasteiger partial charge in [-0.2, -0.15) is 16.6 Å². The largest absolute Gasteiger partial charge is 0.496 e. The van der Waals surface area contributed by atoms with Crippen molar-refractivity contribution < 1.29 is 33.8 Å². The molecule has 3 N–H and O–H groups in total. The lowest BCUT2D eigenvalue weighted by Gasteiger charge is -2.41. The highest BCUT2D eigenvalue weighted by atomic mass is 32.2. The second-order valence-corrected chi connectivity index (χ2v) is 24.8. The van der Waals surface area contributed by atoms with E-state index < -0.39 is 12.3 Å². The zero-order chi connectivity index (χ0) is 55.0. The molecule has 77 heavy (non-hydrogen) atoms. The number of ether oxygens (including phenoxy) is 2. The Balaban J connectivity index is 0.914. The van der Waals surface area contributed by atoms with Crippen LogP contribution in [0.4, 0.5) is 16.1 Å². The average Bonchev–Trinajstić information content (AvgIpc) is 4.12. The molecular formula is C55H60N10O7S5. The number of nitrogens with one attached hydrogen (secondary N) is 2. The molecule has 8 rings (SSSR count). The minimum atomic E-state index is -1.02. The number of amides is 4. The first kappa shape index (κ1) is 56.6. The monoisotopic (exact) mass is 1130 g/mol. The fraction of sp³-hybridized carbons (Fsp3) is 0.345. The fourth-order valence-electron chi connectivity index (χ4n) is 9.08. The van der Waals surface area contributed by atoms with E-state index in [0.29, 0.717) is 90.3 Å². The summed E-state index contributed by atoms with van der Waals surface area (Å²) in [6.07, 6.45) is 9.68. The maximum Gasteiger partial charge on any atom is 0.258 e. The van der Waals surface area contributed by atoms with Crippen molar-refractivity contribution in [3.63, 3.8) is 0 Å². The number of aromatic nitrogens is 3. The van der Waals surface area contributed by atoms with Gasteiger partial charge in [-0.15, -0.1) is 0 Å². The molecule has 3 atom stereocenters. The number of thiazole rings is 2. The van der Waals surface area contributed by atoms with Gasteiger partial charge in [-0.25, -0.2) is 15.0 Å². The van der Waals surface area contributed by atoms with Crippen LogP contribution in [-0.2, 0) is 9.59 Å². The zero-order valence-corrected chi connectivity index (χ0v) is 47.9. The van der Waals surface area contributed by atoms with E-state index in [1.165, 1.54) is 69.9 Å². The predicted molar refractivity (Wildman–Crippen MR) is 305 cm³/mol. The third kappa shape index (κ3) is 13.6. The van der Waals surface area contributed by atoms with Crippen molar-refractivity contribution in [1.82, 2.24) is 34.6 Å². The van der Waals surface area contributed by atoms with Gasteiger partial charge in [-0.1, -0.05) is 79.6 Å². The second-order valence-electron chi connectivity index (χ2n) is 19.3. The van der Waals surface area contributed by atoms with Crippen molar-refractivity contribution in [3.8, 4) is 17.6 Å². The molecule has 4 amide bonds. The van der Waals surface area contributed by atoms with Gasteiger partial charge in [0.25, 0.3) is 11.8 Å². The summed E-state index contributed by atoms with van der Waals surface area (Å²) in [5.74, 6) is 0.420. The summed E-state index contributed by atoms with van der Waals surface area (Å²) >= 11 is 7.10. The number of anilines is 3. The van der Waals surface area contributed by atoms with Crippen molar-refractivity contribution in [1.29, 1.82) is 5.26 Å². The third-order valence-corrected chi connectivity index (χ3v) is 18.2. The van der Waals surface area contributed by atoms with Crippen LogP contribution in [0.5, 0.6) is 11.5 Å². The lowest BCUT2D eigenvalue weighted by atomic mass is 9.85. The molecule has 6 heterocycles. The van der Waals surface area contributed by atoms with Crippen LogP contribution >= 0.6 is 57.5 Å². The summed E-state index contributed by atoms with van der Waals surface area (Å²) in [4.78, 5) is 76.6. The molecule has 6 aromatic rings. The molecule has 17 nitrogen and oxygen atoms in total. The van der Waals surface area contributed by atoms with Crippen LogP contribution in [-0.4, -0.2) is 129 Å². The number of methoxy groups -OCH3 is 2. The number of carbonyl (C=O) groups excluding carboxylic acids is 4. The molecule has 402 valence electrons. The van der Waals surface area contributed by atoms with Crippen LogP contribution < -0.4 is 20.1 Å². The quantitative estimate of drug-likeness (QED) is 0.0771. The van der Waals surface area contributed by atoms with Gasteiger partial charge in [-0.3, -0.25) is 29.4 Å². The number of hydrogen-bond donors (Lipinski definition) is 3. The molecule has 0 aliphatic carbocycles. The number of carbonyl (C=O) groups is 4. The van der Waals surface area contributed by atoms with Gasteiger partial charge in [0, 0.05) is 71.8 Å². The minimum Gasteiger partial charge on any atom is -0.496 e. The Hall–Kier alpha value is -6.58. The second kappa shape index (κ2) is 25.3. The smallest absolute Gasteiger partial charge is 0.258 e. The van der Waals surface area contributed by atoms with Crippen LogP contribution in [0.1, 0.15) is 82.8 Å². The number of nitriles is 1. The van der Waals surface area contributed by atoms with Crippen molar-refractivity contribution in [2.45, 2.75) is 84.0 Å². The predicted octanol–water partition coefficient (Wildman–Crippen LogP) is 10.4. The molecule has 0 bridgehead atoms. The highest BCUT2D eigenvalue weighted by Gasteiger charge is 2.38. The topological polar surface area (TPSA) is 206 Å². The molecule has 0 radical (unpaired) electrons. The van der Waals surface area contributed by atoms with E-state index >= 15 is 0 Å². The number of aryl methyl sites for hydroxylation is 2. The first-order valence-electron chi connectivity index (χ1n) is 24.7.